The molecule has 1 aromatic heterocycles. The molecule has 7 nitrogen and oxygen atoms in total. The topological polar surface area (TPSA) is 86.8 Å². The third kappa shape index (κ3) is 5.90. The van der Waals surface area contributed by atoms with Crippen LogP contribution < -0.4 is 5.56 Å². The summed E-state index contributed by atoms with van der Waals surface area (Å²) in [4.78, 5) is 28.2. The molecule has 0 saturated heterocycles. The van der Waals surface area contributed by atoms with Crippen LogP contribution in [0.15, 0.2) is 58.2 Å². The van der Waals surface area contributed by atoms with Crippen molar-refractivity contribution in [3.8, 4) is 11.3 Å². The van der Waals surface area contributed by atoms with Crippen molar-refractivity contribution in [1.29, 1.82) is 0 Å². The molecule has 0 radical (unpaired) electrons. The highest BCUT2D eigenvalue weighted by Crippen LogP contribution is 2.37. The lowest BCUT2D eigenvalue weighted by molar-refractivity contribution is -0.136. The summed E-state index contributed by atoms with van der Waals surface area (Å²) in [6.45, 7) is 10.6. The number of nitrogens with zero attached hydrogens (tertiary/aromatic N) is 2. The maximum atomic E-state index is 13.7. The fourth-order valence-electron chi connectivity index (χ4n) is 3.62. The quantitative estimate of drug-likeness (QED) is 0.325. The van der Waals surface area contributed by atoms with Crippen molar-refractivity contribution in [2.24, 2.45) is 0 Å². The van der Waals surface area contributed by atoms with Crippen LogP contribution in [0.25, 0.3) is 16.1 Å². The van der Waals surface area contributed by atoms with Gasteiger partial charge in [-0.2, -0.15) is 21.6 Å². The van der Waals surface area contributed by atoms with Crippen LogP contribution in [0.5, 0.6) is 0 Å². The zero-order chi connectivity index (χ0) is 26.8. The molecule has 0 unspecified atom stereocenters. The molecule has 3 aromatic rings. The number of carbonyl (C=O) groups is 1. The molecule has 0 atom stereocenters. The predicted molar refractivity (Wildman–Crippen MR) is 126 cm³/mol. The van der Waals surface area contributed by atoms with Crippen molar-refractivity contribution in [2.45, 2.75) is 38.4 Å². The standard InChI is InChI=1S/C25H21F3N2O5S/c1-15-5-7-20(8-6-15)36(33,34)35-14-19(31)13-30-22(18-10-16(2)9-17(3)11-18)12-21(25(26,27)28)23(29-4)24(30)32/h5-12H,13-14H2,1-3H3. The maximum Gasteiger partial charge on any atom is 0.407 e. The van der Waals surface area contributed by atoms with Crippen molar-refractivity contribution in [3.05, 3.63) is 92.6 Å². The molecule has 3 rings (SSSR count). The van der Waals surface area contributed by atoms with Gasteiger partial charge in [0.2, 0.25) is 0 Å². The van der Waals surface area contributed by atoms with Gasteiger partial charge in [0, 0.05) is 5.69 Å². The molecule has 0 spiro atoms. The minimum absolute atomic E-state index is 0.182. The Labute approximate surface area is 205 Å². The van der Waals surface area contributed by atoms with Crippen molar-refractivity contribution in [3.63, 3.8) is 0 Å². The summed E-state index contributed by atoms with van der Waals surface area (Å²) in [7, 11) is -4.29. The van der Waals surface area contributed by atoms with Crippen molar-refractivity contribution >= 4 is 21.6 Å². The summed E-state index contributed by atoms with van der Waals surface area (Å²) >= 11 is 0. The van der Waals surface area contributed by atoms with E-state index in [-0.39, 0.29) is 16.2 Å². The highest BCUT2D eigenvalue weighted by molar-refractivity contribution is 7.86. The second kappa shape index (κ2) is 10.1. The largest absolute Gasteiger partial charge is 0.407 e. The van der Waals surface area contributed by atoms with Crippen LogP contribution >= 0.6 is 0 Å². The van der Waals surface area contributed by atoms with Crippen LogP contribution in [0.4, 0.5) is 18.9 Å². The third-order valence-corrected chi connectivity index (χ3v) is 6.51. The third-order valence-electron chi connectivity index (χ3n) is 5.23. The van der Waals surface area contributed by atoms with Gasteiger partial charge in [0.1, 0.15) is 6.61 Å². The molecule has 188 valence electrons. The van der Waals surface area contributed by atoms with E-state index in [1.54, 1.807) is 51.1 Å². The lowest BCUT2D eigenvalue weighted by Crippen LogP contribution is -2.29. The van der Waals surface area contributed by atoms with Crippen LogP contribution in [-0.4, -0.2) is 25.4 Å². The molecular formula is C25H21F3N2O5S. The van der Waals surface area contributed by atoms with E-state index in [0.717, 1.165) is 10.1 Å². The minimum atomic E-state index is -4.99. The van der Waals surface area contributed by atoms with Crippen LogP contribution in [0, 0.1) is 27.3 Å². The van der Waals surface area contributed by atoms with E-state index < -0.39 is 52.0 Å². The van der Waals surface area contributed by atoms with Gasteiger partial charge in [-0.1, -0.05) is 34.9 Å². The number of hydrogen-bond acceptors (Lipinski definition) is 5. The average Bonchev–Trinajstić information content (AvgIpc) is 2.77. The molecule has 0 saturated carbocycles. The van der Waals surface area contributed by atoms with E-state index in [9.17, 15) is 31.2 Å². The van der Waals surface area contributed by atoms with E-state index >= 15 is 0 Å². The predicted octanol–water partition coefficient (Wildman–Crippen LogP) is 4.98. The van der Waals surface area contributed by atoms with Crippen LogP contribution in [0.1, 0.15) is 22.3 Å². The fraction of sp³-hybridized carbons (Fsp3) is 0.240. The number of rotatable bonds is 7. The summed E-state index contributed by atoms with van der Waals surface area (Å²) < 4.78 is 71.3. The Hall–Kier alpha value is -3.75. The van der Waals surface area contributed by atoms with E-state index in [1.807, 2.05) is 0 Å². The molecule has 1 heterocycles. The van der Waals surface area contributed by atoms with Crippen LogP contribution in [0.2, 0.25) is 0 Å². The van der Waals surface area contributed by atoms with E-state index in [0.29, 0.717) is 17.2 Å². The Morgan fingerprint density at radius 3 is 2.11 bits per heavy atom. The zero-order valence-electron chi connectivity index (χ0n) is 19.5. The van der Waals surface area contributed by atoms with Gasteiger partial charge >= 0.3 is 6.18 Å². The normalized spacial score (nSPS) is 11.8. The summed E-state index contributed by atoms with van der Waals surface area (Å²) in [6, 6.07) is 11.2. The number of benzene rings is 2. The number of Topliss-reactive ketones (excluding diaryl/α,β-unsaturated/α-hetero) is 1. The Bertz CT molecular complexity index is 1510. The van der Waals surface area contributed by atoms with Gasteiger partial charge in [-0.15, -0.1) is 0 Å². The first-order valence-corrected chi connectivity index (χ1v) is 11.9. The number of halogens is 3. The number of carbonyl (C=O) groups excluding carboxylic acids is 1. The van der Waals surface area contributed by atoms with Gasteiger partial charge < -0.3 is 4.57 Å². The molecule has 2 aromatic carbocycles. The highest BCUT2D eigenvalue weighted by atomic mass is 32.2. The maximum absolute atomic E-state index is 13.7. The van der Waals surface area contributed by atoms with Crippen molar-refractivity contribution in [1.82, 2.24) is 4.57 Å². The van der Waals surface area contributed by atoms with Gasteiger partial charge in [-0.05, 0) is 56.7 Å². The summed E-state index contributed by atoms with van der Waals surface area (Å²) in [5, 5.41) is 0. The first-order valence-electron chi connectivity index (χ1n) is 10.5. The second-order valence-electron chi connectivity index (χ2n) is 8.24. The first-order chi connectivity index (χ1) is 16.7. The van der Waals surface area contributed by atoms with Gasteiger partial charge in [-0.25, -0.2) is 4.85 Å². The summed E-state index contributed by atoms with van der Waals surface area (Å²) in [5.41, 5.74) is -1.72. The zero-order valence-corrected chi connectivity index (χ0v) is 20.3. The van der Waals surface area contributed by atoms with Gasteiger partial charge in [0.15, 0.2) is 5.78 Å². The smallest absolute Gasteiger partial charge is 0.310 e. The van der Waals surface area contributed by atoms with Crippen molar-refractivity contribution in [2.75, 3.05) is 6.61 Å². The van der Waals surface area contributed by atoms with Crippen LogP contribution in [0.3, 0.4) is 0 Å². The van der Waals surface area contributed by atoms with Gasteiger partial charge in [0.05, 0.1) is 23.6 Å². The van der Waals surface area contributed by atoms with Crippen LogP contribution in [-0.2, 0) is 31.8 Å². The molecule has 0 aliphatic carbocycles. The van der Waals surface area contributed by atoms with Gasteiger partial charge in [0.25, 0.3) is 21.4 Å². The Kier molecular flexibility index (Phi) is 7.52. The van der Waals surface area contributed by atoms with E-state index in [4.69, 9.17) is 10.8 Å². The van der Waals surface area contributed by atoms with E-state index in [1.165, 1.54) is 12.1 Å². The number of ketones is 1. The highest BCUT2D eigenvalue weighted by Gasteiger charge is 2.36. The van der Waals surface area contributed by atoms with E-state index in [2.05, 4.69) is 4.85 Å². The Morgan fingerprint density at radius 2 is 1.58 bits per heavy atom. The van der Waals surface area contributed by atoms with Crippen molar-refractivity contribution < 1.29 is 30.6 Å². The van der Waals surface area contributed by atoms with Gasteiger partial charge in [-0.3, -0.25) is 13.8 Å². The molecule has 0 aliphatic heterocycles. The SMILES string of the molecule is [C-]#[N+]c1c(C(F)(F)F)cc(-c2cc(C)cc(C)c2)n(CC(=O)COS(=O)(=O)c2ccc(C)cc2)c1=O. The minimum Gasteiger partial charge on any atom is -0.310 e. The first kappa shape index (κ1) is 26.8. The number of aryl methyl sites for hydroxylation is 3. The molecule has 0 fully saturated rings. The summed E-state index contributed by atoms with van der Waals surface area (Å²) in [6.07, 6.45) is -4.99. The molecule has 36 heavy (non-hydrogen) atoms. The molecule has 0 aliphatic rings. The molecular weight excluding hydrogens is 497 g/mol. The number of alkyl halides is 3. The fourth-order valence-corrected chi connectivity index (χ4v) is 4.51. The molecule has 0 amide bonds. The number of aromatic nitrogens is 1. The molecule has 0 N–H and O–H groups in total. The Balaban J connectivity index is 2.03. The lowest BCUT2D eigenvalue weighted by Gasteiger charge is -2.18. The average molecular weight is 519 g/mol. The Morgan fingerprint density at radius 1 is 1.00 bits per heavy atom. The summed E-state index contributed by atoms with van der Waals surface area (Å²) in [5.74, 6) is -0.894. The number of pyridine rings is 1. The number of hydrogen-bond donors (Lipinski definition) is 0. The molecule has 11 heteroatoms. The monoisotopic (exact) mass is 518 g/mol. The lowest BCUT2D eigenvalue weighted by atomic mass is 10.0. The second-order valence-corrected chi connectivity index (χ2v) is 9.85. The molecule has 0 bridgehead atoms.